The third-order valence-electron chi connectivity index (χ3n) is 3.26. The number of hydrogen-bond donors (Lipinski definition) is 1. The minimum atomic E-state index is -0.461. The minimum Gasteiger partial charge on any atom is -0.444 e. The average molecular weight is 240 g/mol. The van der Waals surface area contributed by atoms with E-state index in [0.29, 0.717) is 19.6 Å². The monoisotopic (exact) mass is 240 g/mol. The van der Waals surface area contributed by atoms with Gasteiger partial charge in [0.25, 0.3) is 0 Å². The number of hydrogen-bond acceptors (Lipinski definition) is 3. The molecule has 0 radical (unpaired) electrons. The highest BCUT2D eigenvalue weighted by molar-refractivity contribution is 5.81. The molecule has 2 aliphatic rings. The molecule has 1 N–H and O–H groups in total. The molecule has 2 heterocycles. The number of fused-ring (bicyclic) bond motifs is 1. The zero-order valence-corrected chi connectivity index (χ0v) is 10.7. The Kier molecular flexibility index (Phi) is 3.02. The number of nitrogens with zero attached hydrogens (tertiary/aromatic N) is 1. The van der Waals surface area contributed by atoms with Gasteiger partial charge in [0.1, 0.15) is 5.60 Å². The van der Waals surface area contributed by atoms with Crippen molar-refractivity contribution in [2.45, 2.75) is 32.8 Å². The van der Waals surface area contributed by atoms with Crippen molar-refractivity contribution in [3.8, 4) is 0 Å². The molecule has 2 saturated heterocycles. The first kappa shape index (κ1) is 12.2. The summed E-state index contributed by atoms with van der Waals surface area (Å²) in [5, 5.41) is 2.85. The second-order valence-corrected chi connectivity index (χ2v) is 5.83. The summed E-state index contributed by atoms with van der Waals surface area (Å²) in [5.41, 5.74) is -0.461. The van der Waals surface area contributed by atoms with Gasteiger partial charge in [0.05, 0.1) is 0 Å². The molecule has 0 aliphatic carbocycles. The first-order valence-electron chi connectivity index (χ1n) is 6.12. The second kappa shape index (κ2) is 4.20. The fourth-order valence-electron chi connectivity index (χ4n) is 2.44. The Morgan fingerprint density at radius 3 is 2.82 bits per heavy atom. The summed E-state index contributed by atoms with van der Waals surface area (Å²) in [5.74, 6) is 0.483. The third-order valence-corrected chi connectivity index (χ3v) is 3.26. The van der Waals surface area contributed by atoms with Gasteiger partial charge in [-0.05, 0) is 27.2 Å². The molecular formula is C12H20N2O3. The van der Waals surface area contributed by atoms with Crippen LogP contribution >= 0.6 is 0 Å². The van der Waals surface area contributed by atoms with E-state index in [1.54, 1.807) is 4.90 Å². The van der Waals surface area contributed by atoms with Gasteiger partial charge in [-0.2, -0.15) is 0 Å². The van der Waals surface area contributed by atoms with Gasteiger partial charge < -0.3 is 15.0 Å². The minimum absolute atomic E-state index is 0.0914. The molecule has 96 valence electrons. The maximum absolute atomic E-state index is 11.9. The Balaban J connectivity index is 1.93. The summed E-state index contributed by atoms with van der Waals surface area (Å²) in [7, 11) is 0. The summed E-state index contributed by atoms with van der Waals surface area (Å²) in [4.78, 5) is 25.1. The van der Waals surface area contributed by atoms with E-state index in [4.69, 9.17) is 4.74 Å². The van der Waals surface area contributed by atoms with Gasteiger partial charge >= 0.3 is 6.09 Å². The summed E-state index contributed by atoms with van der Waals surface area (Å²) in [6, 6.07) is 0. The second-order valence-electron chi connectivity index (χ2n) is 5.83. The molecule has 5 heteroatoms. The molecule has 0 aromatic rings. The van der Waals surface area contributed by atoms with E-state index < -0.39 is 5.60 Å². The number of carbonyl (C=O) groups is 2. The van der Waals surface area contributed by atoms with Crippen LogP contribution in [0.15, 0.2) is 0 Å². The lowest BCUT2D eigenvalue weighted by molar-refractivity contribution is -0.124. The van der Waals surface area contributed by atoms with Crippen LogP contribution in [0.3, 0.4) is 0 Å². The lowest BCUT2D eigenvalue weighted by Gasteiger charge is -2.34. The summed E-state index contributed by atoms with van der Waals surface area (Å²) < 4.78 is 5.33. The predicted octanol–water partition coefficient (Wildman–Crippen LogP) is 0.989. The summed E-state index contributed by atoms with van der Waals surface area (Å²) >= 11 is 0. The molecule has 17 heavy (non-hydrogen) atoms. The van der Waals surface area contributed by atoms with Crippen molar-refractivity contribution in [3.63, 3.8) is 0 Å². The van der Waals surface area contributed by atoms with Crippen LogP contribution in [-0.2, 0) is 9.53 Å². The quantitative estimate of drug-likeness (QED) is 0.687. The molecule has 0 unspecified atom stereocenters. The van der Waals surface area contributed by atoms with Crippen molar-refractivity contribution >= 4 is 12.0 Å². The number of likely N-dealkylation sites (tertiary alicyclic amines) is 1. The number of carbonyl (C=O) groups excluding carboxylic acids is 2. The van der Waals surface area contributed by atoms with Crippen LogP contribution < -0.4 is 5.32 Å². The van der Waals surface area contributed by atoms with Crippen LogP contribution in [0.4, 0.5) is 4.79 Å². The van der Waals surface area contributed by atoms with Gasteiger partial charge in [-0.25, -0.2) is 4.79 Å². The number of nitrogens with one attached hydrogen (secondary N) is 1. The Bertz CT molecular complexity index is 335. The van der Waals surface area contributed by atoms with Gasteiger partial charge in [-0.1, -0.05) is 0 Å². The molecule has 2 amide bonds. The van der Waals surface area contributed by atoms with Gasteiger partial charge in [0.15, 0.2) is 0 Å². The molecule has 0 saturated carbocycles. The topological polar surface area (TPSA) is 58.6 Å². The van der Waals surface area contributed by atoms with Gasteiger partial charge in [-0.3, -0.25) is 4.79 Å². The SMILES string of the molecule is CC(C)(C)OC(=O)N1CC[C@H]2C(=O)NC[C@H]2C1. The Hall–Kier alpha value is -1.26. The number of rotatable bonds is 0. The maximum Gasteiger partial charge on any atom is 0.410 e. The Labute approximate surface area is 101 Å². The van der Waals surface area contributed by atoms with Crippen LogP contribution in [0.1, 0.15) is 27.2 Å². The average Bonchev–Trinajstić information content (AvgIpc) is 2.57. The van der Waals surface area contributed by atoms with Crippen molar-refractivity contribution < 1.29 is 14.3 Å². The van der Waals surface area contributed by atoms with Gasteiger partial charge in [-0.15, -0.1) is 0 Å². The Morgan fingerprint density at radius 2 is 2.18 bits per heavy atom. The highest BCUT2D eigenvalue weighted by atomic mass is 16.6. The zero-order valence-electron chi connectivity index (χ0n) is 10.7. The first-order chi connectivity index (χ1) is 7.87. The van der Waals surface area contributed by atoms with Crippen LogP contribution in [0.2, 0.25) is 0 Å². The normalized spacial score (nSPS) is 28.6. The number of amides is 2. The van der Waals surface area contributed by atoms with Crippen LogP contribution in [0, 0.1) is 11.8 Å². The van der Waals surface area contributed by atoms with Gasteiger partial charge in [0.2, 0.25) is 5.91 Å². The molecular weight excluding hydrogens is 220 g/mol. The molecule has 0 aromatic carbocycles. The van der Waals surface area contributed by atoms with Crippen molar-refractivity contribution in [2.75, 3.05) is 19.6 Å². The summed E-state index contributed by atoms with van der Waals surface area (Å²) in [6.07, 6.45) is 0.478. The van der Waals surface area contributed by atoms with E-state index in [9.17, 15) is 9.59 Å². The largest absolute Gasteiger partial charge is 0.444 e. The fraction of sp³-hybridized carbons (Fsp3) is 0.833. The predicted molar refractivity (Wildman–Crippen MR) is 62.4 cm³/mol. The molecule has 0 aromatic heterocycles. The fourth-order valence-corrected chi connectivity index (χ4v) is 2.44. The van der Waals surface area contributed by atoms with Crippen LogP contribution in [0.25, 0.3) is 0 Å². The van der Waals surface area contributed by atoms with E-state index >= 15 is 0 Å². The van der Waals surface area contributed by atoms with E-state index in [1.165, 1.54) is 0 Å². The van der Waals surface area contributed by atoms with Crippen molar-refractivity contribution in [1.82, 2.24) is 10.2 Å². The lowest BCUT2D eigenvalue weighted by atomic mass is 9.88. The summed E-state index contributed by atoms with van der Waals surface area (Å²) in [6.45, 7) is 7.50. The van der Waals surface area contributed by atoms with E-state index in [-0.39, 0.29) is 23.8 Å². The highest BCUT2D eigenvalue weighted by Gasteiger charge is 2.40. The van der Waals surface area contributed by atoms with Crippen molar-refractivity contribution in [1.29, 1.82) is 0 Å². The molecule has 0 bridgehead atoms. The lowest BCUT2D eigenvalue weighted by Crippen LogP contribution is -2.46. The van der Waals surface area contributed by atoms with E-state index in [2.05, 4.69) is 5.32 Å². The standard InChI is InChI=1S/C12H20N2O3/c1-12(2,3)17-11(16)14-5-4-9-8(7-14)6-13-10(9)15/h8-9H,4-7H2,1-3H3,(H,13,15)/t8-,9+/m0/s1. The molecule has 5 nitrogen and oxygen atoms in total. The number of ether oxygens (including phenoxy) is 1. The van der Waals surface area contributed by atoms with Crippen molar-refractivity contribution in [2.24, 2.45) is 11.8 Å². The molecule has 2 atom stereocenters. The third kappa shape index (κ3) is 2.70. The van der Waals surface area contributed by atoms with E-state index in [1.807, 2.05) is 20.8 Å². The highest BCUT2D eigenvalue weighted by Crippen LogP contribution is 2.28. The maximum atomic E-state index is 11.9. The smallest absolute Gasteiger partial charge is 0.410 e. The molecule has 2 rings (SSSR count). The zero-order chi connectivity index (χ0) is 12.6. The van der Waals surface area contributed by atoms with Crippen LogP contribution in [-0.4, -0.2) is 42.1 Å². The number of piperidine rings is 1. The molecule has 2 aliphatic heterocycles. The van der Waals surface area contributed by atoms with Gasteiger partial charge in [0, 0.05) is 31.5 Å². The first-order valence-corrected chi connectivity index (χ1v) is 6.12. The van der Waals surface area contributed by atoms with Crippen LogP contribution in [0.5, 0.6) is 0 Å². The molecule has 0 spiro atoms. The molecule has 2 fully saturated rings. The van der Waals surface area contributed by atoms with E-state index in [0.717, 1.165) is 6.42 Å². The Morgan fingerprint density at radius 1 is 1.47 bits per heavy atom. The van der Waals surface area contributed by atoms with Crippen molar-refractivity contribution in [3.05, 3.63) is 0 Å².